The van der Waals surface area contributed by atoms with Gasteiger partial charge in [-0.2, -0.15) is 0 Å². The van der Waals surface area contributed by atoms with Gasteiger partial charge < -0.3 is 5.32 Å². The summed E-state index contributed by atoms with van der Waals surface area (Å²) in [6, 6.07) is 8.19. The van der Waals surface area contributed by atoms with Gasteiger partial charge >= 0.3 is 0 Å². The summed E-state index contributed by atoms with van der Waals surface area (Å²) < 4.78 is 1.99. The lowest BCUT2D eigenvalue weighted by Gasteiger charge is -2.12. The summed E-state index contributed by atoms with van der Waals surface area (Å²) in [6.07, 6.45) is 5.33. The molecule has 2 rings (SSSR count). The second kappa shape index (κ2) is 7.13. The number of hydrogen-bond donors (Lipinski definition) is 1. The predicted octanol–water partition coefficient (Wildman–Crippen LogP) is 2.96. The summed E-state index contributed by atoms with van der Waals surface area (Å²) >= 11 is 1.44. The summed E-state index contributed by atoms with van der Waals surface area (Å²) in [5, 5.41) is 3.39. The van der Waals surface area contributed by atoms with Crippen LogP contribution in [-0.4, -0.2) is 27.3 Å². The van der Waals surface area contributed by atoms with Crippen LogP contribution in [0, 0.1) is 6.92 Å². The lowest BCUT2D eigenvalue weighted by atomic mass is 10.2. The molecule has 0 radical (unpaired) electrons. The van der Waals surface area contributed by atoms with Crippen molar-refractivity contribution in [2.45, 2.75) is 24.3 Å². The summed E-state index contributed by atoms with van der Waals surface area (Å²) in [5.74, 6) is -0.0151. The highest BCUT2D eigenvalue weighted by molar-refractivity contribution is 8.00. The van der Waals surface area contributed by atoms with Gasteiger partial charge in [-0.25, -0.2) is 4.98 Å². The molecule has 0 aliphatic rings. The number of rotatable bonds is 6. The van der Waals surface area contributed by atoms with Crippen molar-refractivity contribution in [3.8, 4) is 5.69 Å². The van der Waals surface area contributed by atoms with Gasteiger partial charge in [-0.3, -0.25) is 9.36 Å². The zero-order valence-electron chi connectivity index (χ0n) is 12.2. The van der Waals surface area contributed by atoms with Gasteiger partial charge in [0, 0.05) is 24.6 Å². The van der Waals surface area contributed by atoms with Crippen LogP contribution in [0.25, 0.3) is 5.69 Å². The number of benzene rings is 1. The molecule has 0 bridgehead atoms. The van der Waals surface area contributed by atoms with Crippen molar-refractivity contribution in [1.82, 2.24) is 14.9 Å². The van der Waals surface area contributed by atoms with E-state index in [0.717, 1.165) is 10.8 Å². The lowest BCUT2D eigenvalue weighted by molar-refractivity contribution is -0.120. The molecule has 4 nitrogen and oxygen atoms in total. The molecule has 110 valence electrons. The molecule has 1 aromatic heterocycles. The Labute approximate surface area is 129 Å². The van der Waals surface area contributed by atoms with Crippen LogP contribution in [0.3, 0.4) is 0 Å². The van der Waals surface area contributed by atoms with Gasteiger partial charge in [0.05, 0.1) is 5.25 Å². The Kier molecular flexibility index (Phi) is 5.22. The monoisotopic (exact) mass is 301 g/mol. The number of imidazole rings is 1. The molecule has 1 amide bonds. The fourth-order valence-electron chi connectivity index (χ4n) is 1.88. The molecule has 0 fully saturated rings. The summed E-state index contributed by atoms with van der Waals surface area (Å²) in [6.45, 7) is 8.00. The summed E-state index contributed by atoms with van der Waals surface area (Å²) in [7, 11) is 0. The number of carbonyl (C=O) groups excluding carboxylic acids is 1. The number of nitrogens with one attached hydrogen (secondary N) is 1. The minimum absolute atomic E-state index is 0.0151. The molecule has 1 N–H and O–H groups in total. The molecule has 0 saturated heterocycles. The van der Waals surface area contributed by atoms with Crippen molar-refractivity contribution in [1.29, 1.82) is 0 Å². The molecule has 1 aromatic carbocycles. The SMILES string of the molecule is C=CCNC(=O)C(C)Sc1nccn1-c1cccc(C)c1. The van der Waals surface area contributed by atoms with Crippen molar-refractivity contribution < 1.29 is 4.79 Å². The smallest absolute Gasteiger partial charge is 0.233 e. The largest absolute Gasteiger partial charge is 0.352 e. The van der Waals surface area contributed by atoms with Gasteiger partial charge in [-0.15, -0.1) is 6.58 Å². The maximum atomic E-state index is 11.9. The Morgan fingerprint density at radius 3 is 3.10 bits per heavy atom. The topological polar surface area (TPSA) is 46.9 Å². The zero-order chi connectivity index (χ0) is 15.2. The van der Waals surface area contributed by atoms with Crippen LogP contribution in [0.15, 0.2) is 54.5 Å². The van der Waals surface area contributed by atoms with Crippen molar-refractivity contribution in [3.63, 3.8) is 0 Å². The Hall–Kier alpha value is -2.01. The Balaban J connectivity index is 2.14. The zero-order valence-corrected chi connectivity index (χ0v) is 13.1. The number of thioether (sulfide) groups is 1. The van der Waals surface area contributed by atoms with Gasteiger partial charge in [0.2, 0.25) is 5.91 Å². The molecular formula is C16H19N3OS. The van der Waals surface area contributed by atoms with Gasteiger partial charge in [-0.05, 0) is 31.5 Å². The van der Waals surface area contributed by atoms with Crippen molar-refractivity contribution >= 4 is 17.7 Å². The molecule has 0 spiro atoms. The third kappa shape index (κ3) is 3.98. The second-order valence-electron chi connectivity index (χ2n) is 4.71. The van der Waals surface area contributed by atoms with E-state index in [9.17, 15) is 4.79 Å². The Morgan fingerprint density at radius 2 is 2.38 bits per heavy atom. The fraction of sp³-hybridized carbons (Fsp3) is 0.250. The second-order valence-corrected chi connectivity index (χ2v) is 6.02. The van der Waals surface area contributed by atoms with E-state index in [1.807, 2.05) is 29.8 Å². The normalized spacial score (nSPS) is 11.9. The van der Waals surface area contributed by atoms with Crippen LogP contribution >= 0.6 is 11.8 Å². The van der Waals surface area contributed by atoms with Gasteiger partial charge in [0.15, 0.2) is 5.16 Å². The Morgan fingerprint density at radius 1 is 1.57 bits per heavy atom. The molecule has 0 aliphatic carbocycles. The van der Waals surface area contributed by atoms with Crippen molar-refractivity contribution in [2.75, 3.05) is 6.54 Å². The first-order valence-electron chi connectivity index (χ1n) is 6.77. The van der Waals surface area contributed by atoms with Gasteiger partial charge in [-0.1, -0.05) is 30.0 Å². The number of nitrogens with zero attached hydrogens (tertiary/aromatic N) is 2. The van der Waals surface area contributed by atoms with Crippen molar-refractivity contribution in [3.05, 3.63) is 54.9 Å². The fourth-order valence-corrected chi connectivity index (χ4v) is 2.79. The molecule has 1 heterocycles. The van der Waals surface area contributed by atoms with E-state index in [2.05, 4.69) is 35.9 Å². The first-order chi connectivity index (χ1) is 10.1. The molecule has 2 aromatic rings. The molecule has 0 aliphatic heterocycles. The van der Waals surface area contributed by atoms with E-state index in [-0.39, 0.29) is 11.2 Å². The van der Waals surface area contributed by atoms with E-state index < -0.39 is 0 Å². The number of hydrogen-bond acceptors (Lipinski definition) is 3. The van der Waals surface area contributed by atoms with E-state index in [0.29, 0.717) is 6.54 Å². The predicted molar refractivity (Wildman–Crippen MR) is 86.8 cm³/mol. The highest BCUT2D eigenvalue weighted by Gasteiger charge is 2.17. The number of aromatic nitrogens is 2. The van der Waals surface area contributed by atoms with E-state index in [1.165, 1.54) is 17.3 Å². The third-order valence-corrected chi connectivity index (χ3v) is 4.04. The van der Waals surface area contributed by atoms with E-state index >= 15 is 0 Å². The minimum Gasteiger partial charge on any atom is -0.352 e. The van der Waals surface area contributed by atoms with E-state index in [4.69, 9.17) is 0 Å². The molecule has 0 saturated carbocycles. The Bertz CT molecular complexity index is 636. The number of aryl methyl sites for hydroxylation is 1. The van der Waals surface area contributed by atoms with Crippen LogP contribution in [0.2, 0.25) is 0 Å². The standard InChI is InChI=1S/C16H19N3OS/c1-4-8-17-15(20)13(3)21-16-18-9-10-19(16)14-7-5-6-12(2)11-14/h4-7,9-11,13H,1,8H2,2-3H3,(H,17,20). The van der Waals surface area contributed by atoms with E-state index in [1.54, 1.807) is 12.3 Å². The third-order valence-electron chi connectivity index (χ3n) is 2.96. The van der Waals surface area contributed by atoms with Crippen LogP contribution in [-0.2, 0) is 4.79 Å². The first-order valence-corrected chi connectivity index (χ1v) is 7.65. The average molecular weight is 301 g/mol. The number of amides is 1. The summed E-state index contributed by atoms with van der Waals surface area (Å²) in [4.78, 5) is 16.3. The molecule has 5 heteroatoms. The van der Waals surface area contributed by atoms with Gasteiger partial charge in [0.25, 0.3) is 0 Å². The van der Waals surface area contributed by atoms with Crippen LogP contribution < -0.4 is 5.32 Å². The molecule has 21 heavy (non-hydrogen) atoms. The molecule has 1 unspecified atom stereocenters. The maximum Gasteiger partial charge on any atom is 0.233 e. The minimum atomic E-state index is -0.212. The van der Waals surface area contributed by atoms with Crippen LogP contribution in [0.5, 0.6) is 0 Å². The molecular weight excluding hydrogens is 282 g/mol. The summed E-state index contributed by atoms with van der Waals surface area (Å²) in [5.41, 5.74) is 2.24. The lowest BCUT2D eigenvalue weighted by Crippen LogP contribution is -2.31. The average Bonchev–Trinajstić information content (AvgIpc) is 2.92. The molecule has 1 atom stereocenters. The van der Waals surface area contributed by atoms with Gasteiger partial charge in [0.1, 0.15) is 0 Å². The highest BCUT2D eigenvalue weighted by Crippen LogP contribution is 2.24. The van der Waals surface area contributed by atoms with Crippen LogP contribution in [0.4, 0.5) is 0 Å². The first kappa shape index (κ1) is 15.4. The quantitative estimate of drug-likeness (QED) is 0.659. The maximum absolute atomic E-state index is 11.9. The van der Waals surface area contributed by atoms with Crippen LogP contribution in [0.1, 0.15) is 12.5 Å². The number of carbonyl (C=O) groups is 1. The highest BCUT2D eigenvalue weighted by atomic mass is 32.2. The van der Waals surface area contributed by atoms with Crippen molar-refractivity contribution in [2.24, 2.45) is 0 Å².